The van der Waals surface area contributed by atoms with Crippen LogP contribution < -0.4 is 4.90 Å². The second-order valence-corrected chi connectivity index (χ2v) is 7.10. The quantitative estimate of drug-likeness (QED) is 0.786. The lowest BCUT2D eigenvalue weighted by Crippen LogP contribution is -2.54. The van der Waals surface area contributed by atoms with Crippen molar-refractivity contribution in [1.29, 1.82) is 0 Å². The van der Waals surface area contributed by atoms with Gasteiger partial charge in [0, 0.05) is 32.7 Å². The van der Waals surface area contributed by atoms with Crippen LogP contribution in [0.5, 0.6) is 5.75 Å². The van der Waals surface area contributed by atoms with Crippen LogP contribution in [-0.2, 0) is 14.3 Å². The number of nitrogens with zero attached hydrogens (tertiary/aromatic N) is 3. The van der Waals surface area contributed by atoms with Gasteiger partial charge in [0.05, 0.1) is 18.8 Å². The topological polar surface area (TPSA) is 73.3 Å². The van der Waals surface area contributed by atoms with Crippen molar-refractivity contribution in [1.82, 2.24) is 9.80 Å². The third kappa shape index (κ3) is 4.71. The number of piperidine rings is 1. The summed E-state index contributed by atoms with van der Waals surface area (Å²) in [6.07, 6.45) is 2.57. The molecule has 2 heterocycles. The molecule has 2 saturated heterocycles. The van der Waals surface area contributed by atoms with Gasteiger partial charge in [-0.15, -0.1) is 0 Å². The van der Waals surface area contributed by atoms with Crippen LogP contribution in [0.25, 0.3) is 0 Å². The van der Waals surface area contributed by atoms with Gasteiger partial charge in [-0.1, -0.05) is 12.1 Å². The summed E-state index contributed by atoms with van der Waals surface area (Å²) >= 11 is 0. The number of benzene rings is 1. The lowest BCUT2D eigenvalue weighted by atomic mass is 10.0. The van der Waals surface area contributed by atoms with Gasteiger partial charge in [0.25, 0.3) is 0 Å². The SMILES string of the molecule is CCOC(=O)[C@H]1CCCCN1C(=O)CN1CCN(c2ccccc2O)CC1. The Hall–Kier alpha value is -2.28. The summed E-state index contributed by atoms with van der Waals surface area (Å²) in [5.74, 6) is 0.00584. The predicted octanol–water partition coefficient (Wildman–Crippen LogP) is 1.46. The number of carbonyl (C=O) groups excluding carboxylic acids is 2. The molecule has 0 spiro atoms. The molecule has 7 nitrogen and oxygen atoms in total. The Morgan fingerprint density at radius 3 is 2.56 bits per heavy atom. The number of carbonyl (C=O) groups is 2. The molecule has 1 aromatic rings. The Morgan fingerprint density at radius 2 is 1.85 bits per heavy atom. The van der Waals surface area contributed by atoms with Gasteiger partial charge in [0.1, 0.15) is 11.8 Å². The zero-order chi connectivity index (χ0) is 19.2. The summed E-state index contributed by atoms with van der Waals surface area (Å²) in [5.41, 5.74) is 0.835. The smallest absolute Gasteiger partial charge is 0.328 e. The number of piperazine rings is 1. The van der Waals surface area contributed by atoms with Crippen LogP contribution >= 0.6 is 0 Å². The summed E-state index contributed by atoms with van der Waals surface area (Å²) in [7, 11) is 0. The van der Waals surface area contributed by atoms with Gasteiger partial charge >= 0.3 is 5.97 Å². The van der Waals surface area contributed by atoms with Gasteiger partial charge in [-0.05, 0) is 38.3 Å². The average molecular weight is 375 g/mol. The van der Waals surface area contributed by atoms with Gasteiger partial charge in [-0.3, -0.25) is 9.69 Å². The number of esters is 1. The minimum absolute atomic E-state index is 0.00348. The number of phenols is 1. The van der Waals surface area contributed by atoms with Gasteiger partial charge in [0.15, 0.2) is 0 Å². The van der Waals surface area contributed by atoms with E-state index in [0.29, 0.717) is 26.1 Å². The molecule has 0 saturated carbocycles. The van der Waals surface area contributed by atoms with Crippen LogP contribution in [0.2, 0.25) is 0 Å². The fourth-order valence-electron chi connectivity index (χ4n) is 3.87. The predicted molar refractivity (Wildman–Crippen MR) is 103 cm³/mol. The standard InChI is InChI=1S/C20H29N3O4/c1-2-27-20(26)17-8-5-6-10-23(17)19(25)15-21-11-13-22(14-12-21)16-7-3-4-9-18(16)24/h3-4,7,9,17,24H,2,5-6,8,10-15H2,1H3/t17-/m1/s1. The van der Waals surface area contributed by atoms with Gasteiger partial charge < -0.3 is 19.6 Å². The molecule has 2 aliphatic rings. The molecule has 148 valence electrons. The number of anilines is 1. The number of aromatic hydroxyl groups is 1. The molecular formula is C20H29N3O4. The number of phenolic OH excluding ortho intramolecular Hbond substituents is 1. The molecule has 1 amide bonds. The maximum absolute atomic E-state index is 12.8. The summed E-state index contributed by atoms with van der Waals surface area (Å²) in [6.45, 7) is 6.08. The highest BCUT2D eigenvalue weighted by Gasteiger charge is 2.34. The average Bonchev–Trinajstić information content (AvgIpc) is 2.69. The molecule has 0 radical (unpaired) electrons. The van der Waals surface area contributed by atoms with E-state index in [1.807, 2.05) is 18.2 Å². The van der Waals surface area contributed by atoms with Crippen molar-refractivity contribution in [3.63, 3.8) is 0 Å². The highest BCUT2D eigenvalue weighted by Crippen LogP contribution is 2.27. The van der Waals surface area contributed by atoms with Crippen molar-refractivity contribution < 1.29 is 19.4 Å². The fourth-order valence-corrected chi connectivity index (χ4v) is 3.87. The highest BCUT2D eigenvalue weighted by molar-refractivity contribution is 5.85. The van der Waals surface area contributed by atoms with E-state index >= 15 is 0 Å². The first-order valence-electron chi connectivity index (χ1n) is 9.81. The second-order valence-electron chi connectivity index (χ2n) is 7.10. The molecule has 3 rings (SSSR count). The van der Waals surface area contributed by atoms with Crippen molar-refractivity contribution in [3.8, 4) is 5.75 Å². The maximum atomic E-state index is 12.8. The summed E-state index contributed by atoms with van der Waals surface area (Å²) in [6, 6.07) is 6.89. The number of rotatable bonds is 5. The Kier molecular flexibility index (Phi) is 6.55. The lowest BCUT2D eigenvalue weighted by Gasteiger charge is -2.38. The highest BCUT2D eigenvalue weighted by atomic mass is 16.5. The number of hydrogen-bond acceptors (Lipinski definition) is 6. The molecule has 1 N–H and O–H groups in total. The van der Waals surface area contributed by atoms with Gasteiger partial charge in [0.2, 0.25) is 5.91 Å². The van der Waals surface area contributed by atoms with Crippen LogP contribution in [0, 0.1) is 0 Å². The molecule has 1 aromatic carbocycles. The largest absolute Gasteiger partial charge is 0.506 e. The normalized spacial score (nSPS) is 21.1. The molecule has 0 bridgehead atoms. The van der Waals surface area contributed by atoms with E-state index < -0.39 is 6.04 Å². The van der Waals surface area contributed by atoms with E-state index in [-0.39, 0.29) is 17.6 Å². The van der Waals surface area contributed by atoms with Crippen molar-refractivity contribution >= 4 is 17.6 Å². The van der Waals surface area contributed by atoms with E-state index in [9.17, 15) is 14.7 Å². The zero-order valence-corrected chi connectivity index (χ0v) is 16.0. The molecule has 2 fully saturated rings. The minimum atomic E-state index is -0.436. The van der Waals surface area contributed by atoms with E-state index in [1.165, 1.54) is 0 Å². The number of likely N-dealkylation sites (tertiary alicyclic amines) is 1. The van der Waals surface area contributed by atoms with Crippen LogP contribution in [0.3, 0.4) is 0 Å². The minimum Gasteiger partial charge on any atom is -0.506 e. The second kappa shape index (κ2) is 9.08. The van der Waals surface area contributed by atoms with Crippen molar-refractivity contribution in [3.05, 3.63) is 24.3 Å². The number of ether oxygens (including phenoxy) is 1. The number of para-hydroxylation sites is 2. The van der Waals surface area contributed by atoms with Crippen LogP contribution in [0.15, 0.2) is 24.3 Å². The molecule has 2 aliphatic heterocycles. The Bertz CT molecular complexity index is 658. The molecular weight excluding hydrogens is 346 g/mol. The van der Waals surface area contributed by atoms with E-state index in [4.69, 9.17) is 4.74 Å². The van der Waals surface area contributed by atoms with E-state index in [1.54, 1.807) is 17.9 Å². The first kappa shape index (κ1) is 19.5. The number of amides is 1. The lowest BCUT2D eigenvalue weighted by molar-refractivity contribution is -0.157. The first-order valence-corrected chi connectivity index (χ1v) is 9.81. The van der Waals surface area contributed by atoms with Crippen molar-refractivity contribution in [2.45, 2.75) is 32.2 Å². The third-order valence-corrected chi connectivity index (χ3v) is 5.34. The van der Waals surface area contributed by atoms with Crippen molar-refractivity contribution in [2.24, 2.45) is 0 Å². The molecule has 0 unspecified atom stereocenters. The van der Waals surface area contributed by atoms with Crippen LogP contribution in [-0.4, -0.2) is 78.7 Å². The molecule has 0 aliphatic carbocycles. The van der Waals surface area contributed by atoms with E-state index in [0.717, 1.165) is 44.7 Å². The Labute approximate surface area is 160 Å². The van der Waals surface area contributed by atoms with Gasteiger partial charge in [-0.25, -0.2) is 4.79 Å². The molecule has 0 aromatic heterocycles. The fraction of sp³-hybridized carbons (Fsp3) is 0.600. The molecule has 27 heavy (non-hydrogen) atoms. The molecule has 1 atom stereocenters. The van der Waals surface area contributed by atoms with E-state index in [2.05, 4.69) is 9.80 Å². The maximum Gasteiger partial charge on any atom is 0.328 e. The Balaban J connectivity index is 1.54. The summed E-state index contributed by atoms with van der Waals surface area (Å²) in [4.78, 5) is 31.0. The van der Waals surface area contributed by atoms with Crippen molar-refractivity contribution in [2.75, 3.05) is 50.8 Å². The molecule has 7 heteroatoms. The number of hydrogen-bond donors (Lipinski definition) is 1. The first-order chi connectivity index (χ1) is 13.1. The Morgan fingerprint density at radius 1 is 1.11 bits per heavy atom. The third-order valence-electron chi connectivity index (χ3n) is 5.34. The zero-order valence-electron chi connectivity index (χ0n) is 16.0. The van der Waals surface area contributed by atoms with Crippen LogP contribution in [0.4, 0.5) is 5.69 Å². The van der Waals surface area contributed by atoms with Crippen LogP contribution in [0.1, 0.15) is 26.2 Å². The van der Waals surface area contributed by atoms with Gasteiger partial charge in [-0.2, -0.15) is 0 Å². The monoisotopic (exact) mass is 375 g/mol. The summed E-state index contributed by atoms with van der Waals surface area (Å²) < 4.78 is 5.15. The summed E-state index contributed by atoms with van der Waals surface area (Å²) in [5, 5.41) is 10.0.